The number of nitrogens with zero attached hydrogens (tertiary/aromatic N) is 1. The average molecular weight is 328 g/mol. The van der Waals surface area contributed by atoms with E-state index in [4.69, 9.17) is 4.74 Å². The molecule has 122 valence electrons. The summed E-state index contributed by atoms with van der Waals surface area (Å²) in [4.78, 5) is 26.1. The maximum absolute atomic E-state index is 12.4. The molecule has 0 aliphatic rings. The fourth-order valence-electron chi connectivity index (χ4n) is 1.73. The van der Waals surface area contributed by atoms with Crippen LogP contribution in [0.2, 0.25) is 0 Å². The normalized spacial score (nSPS) is 11.2. The zero-order valence-electron chi connectivity index (χ0n) is 12.0. The molecule has 1 N–H and O–H groups in total. The lowest BCUT2D eigenvalue weighted by atomic mass is 10.1. The summed E-state index contributed by atoms with van der Waals surface area (Å²) in [6, 6.07) is 3.69. The molecule has 1 aromatic heterocycles. The minimum Gasteiger partial charge on any atom is -0.431 e. The molecule has 0 aliphatic heterocycles. The minimum absolute atomic E-state index is 0.0769. The first-order chi connectivity index (χ1) is 10.6. The van der Waals surface area contributed by atoms with Crippen LogP contribution in [0.15, 0.2) is 28.9 Å². The Morgan fingerprint density at radius 3 is 2.52 bits per heavy atom. The number of ether oxygens (including phenoxy) is 1. The largest absolute Gasteiger partial charge is 0.436 e. The van der Waals surface area contributed by atoms with E-state index in [1.807, 2.05) is 0 Å². The second-order valence-electron chi connectivity index (χ2n) is 4.62. The van der Waals surface area contributed by atoms with Gasteiger partial charge in [-0.25, -0.2) is 0 Å². The third kappa shape index (κ3) is 4.31. The molecule has 0 spiro atoms. The Morgan fingerprint density at radius 1 is 1.26 bits per heavy atom. The summed E-state index contributed by atoms with van der Waals surface area (Å²) in [7, 11) is 0. The second kappa shape index (κ2) is 6.11. The van der Waals surface area contributed by atoms with Gasteiger partial charge in [0.2, 0.25) is 0 Å². The Morgan fingerprint density at radius 2 is 1.96 bits per heavy atom. The smallest absolute Gasteiger partial charge is 0.431 e. The number of hydrogen-bond donors (Lipinski definition) is 1. The van der Waals surface area contributed by atoms with E-state index in [0.717, 1.165) is 0 Å². The Balaban J connectivity index is 2.19. The first-order valence-electron chi connectivity index (χ1n) is 6.29. The number of hydrogen-bond acceptors (Lipinski definition) is 5. The lowest BCUT2D eigenvalue weighted by Crippen LogP contribution is -2.13. The van der Waals surface area contributed by atoms with Crippen LogP contribution in [0.4, 0.5) is 19.2 Å². The molecular formula is C14H11F3N2O4. The van der Waals surface area contributed by atoms with Gasteiger partial charge in [-0.1, -0.05) is 0 Å². The van der Waals surface area contributed by atoms with Crippen molar-refractivity contribution in [3.05, 3.63) is 41.3 Å². The number of halogens is 3. The Bertz CT molecular complexity index is 753. The van der Waals surface area contributed by atoms with E-state index in [2.05, 4.69) is 14.7 Å². The van der Waals surface area contributed by atoms with Crippen LogP contribution in [-0.4, -0.2) is 16.9 Å². The molecule has 1 heterocycles. The third-order valence-electron chi connectivity index (χ3n) is 2.59. The number of rotatable bonds is 3. The second-order valence-corrected chi connectivity index (χ2v) is 4.62. The van der Waals surface area contributed by atoms with Gasteiger partial charge < -0.3 is 9.15 Å². The molecule has 0 radical (unpaired) electrons. The topological polar surface area (TPSA) is 81.4 Å². The fourth-order valence-corrected chi connectivity index (χ4v) is 1.73. The van der Waals surface area contributed by atoms with Gasteiger partial charge in [0.1, 0.15) is 12.0 Å². The highest BCUT2D eigenvalue weighted by atomic mass is 19.4. The molecule has 2 aromatic rings. The molecule has 9 heteroatoms. The summed E-state index contributed by atoms with van der Waals surface area (Å²) in [5.74, 6) is -1.17. The number of esters is 1. The maximum atomic E-state index is 12.4. The summed E-state index contributed by atoms with van der Waals surface area (Å²) >= 11 is 0. The van der Waals surface area contributed by atoms with E-state index in [9.17, 15) is 22.8 Å². The van der Waals surface area contributed by atoms with E-state index >= 15 is 0 Å². The highest BCUT2D eigenvalue weighted by Crippen LogP contribution is 2.29. The van der Waals surface area contributed by atoms with E-state index in [0.29, 0.717) is 11.8 Å². The average Bonchev–Trinajstić information content (AvgIpc) is 2.85. The molecule has 1 amide bonds. The molecule has 1 aromatic carbocycles. The highest BCUT2D eigenvalue weighted by Gasteiger charge is 2.35. The lowest BCUT2D eigenvalue weighted by Gasteiger charge is -2.06. The molecule has 2 rings (SSSR count). The van der Waals surface area contributed by atoms with Gasteiger partial charge in [-0.15, -0.1) is 0 Å². The van der Waals surface area contributed by atoms with Crippen LogP contribution < -0.4 is 10.1 Å². The van der Waals surface area contributed by atoms with E-state index in [1.165, 1.54) is 25.1 Å². The molecule has 23 heavy (non-hydrogen) atoms. The zero-order chi connectivity index (χ0) is 17.2. The number of benzene rings is 1. The summed E-state index contributed by atoms with van der Waals surface area (Å²) in [6.07, 6.45) is -4.27. The monoisotopic (exact) mass is 328 g/mol. The quantitative estimate of drug-likeness (QED) is 0.691. The lowest BCUT2D eigenvalue weighted by molar-refractivity contribution is -0.141. The number of anilines is 1. The molecule has 0 bridgehead atoms. The Labute approximate surface area is 128 Å². The van der Waals surface area contributed by atoms with Crippen molar-refractivity contribution in [1.29, 1.82) is 0 Å². The zero-order valence-corrected chi connectivity index (χ0v) is 12.0. The van der Waals surface area contributed by atoms with Crippen LogP contribution in [0.3, 0.4) is 0 Å². The van der Waals surface area contributed by atoms with Crippen LogP contribution in [0.5, 0.6) is 5.75 Å². The van der Waals surface area contributed by atoms with E-state index < -0.39 is 29.8 Å². The molecule has 0 atom stereocenters. The number of nitrogens with one attached hydrogen (secondary N) is 1. The first kappa shape index (κ1) is 16.5. The van der Waals surface area contributed by atoms with Crippen molar-refractivity contribution in [1.82, 2.24) is 4.98 Å². The molecule has 0 aliphatic carbocycles. The molecule has 0 saturated heterocycles. The van der Waals surface area contributed by atoms with E-state index in [-0.39, 0.29) is 11.3 Å². The predicted octanol–water partition coefficient (Wildman–Crippen LogP) is 3.18. The van der Waals surface area contributed by atoms with Crippen LogP contribution in [0.1, 0.15) is 28.5 Å². The number of alkyl halides is 3. The van der Waals surface area contributed by atoms with Crippen molar-refractivity contribution in [2.24, 2.45) is 0 Å². The fraction of sp³-hybridized carbons (Fsp3) is 0.214. The van der Waals surface area contributed by atoms with Gasteiger partial charge in [0.05, 0.1) is 0 Å². The van der Waals surface area contributed by atoms with Crippen molar-refractivity contribution in [3.8, 4) is 5.75 Å². The standard InChI is InChI=1S/C14H11F3N2O4/c1-7-3-9(5-10(4-7)23-8(2)20)12(21)19-13-18-11(6-22-13)14(15,16)17/h3-6H,1-2H3,(H,18,19,21). The van der Waals surface area contributed by atoms with Gasteiger partial charge in [-0.3, -0.25) is 14.9 Å². The highest BCUT2D eigenvalue weighted by molar-refractivity contribution is 6.03. The number of carbonyl (C=O) groups excluding carboxylic acids is 2. The summed E-state index contributed by atoms with van der Waals surface area (Å²) in [5, 5.41) is 2.10. The minimum atomic E-state index is -4.67. The maximum Gasteiger partial charge on any atom is 0.436 e. The summed E-state index contributed by atoms with van der Waals surface area (Å²) in [5.41, 5.74) is -0.553. The number of amides is 1. The van der Waals surface area contributed by atoms with Gasteiger partial charge in [0.15, 0.2) is 5.69 Å². The number of aromatic nitrogens is 1. The molecule has 0 unspecified atom stereocenters. The molecule has 0 fully saturated rings. The number of oxazole rings is 1. The van der Waals surface area contributed by atoms with Crippen LogP contribution >= 0.6 is 0 Å². The number of aryl methyl sites for hydroxylation is 1. The number of carbonyl (C=O) groups is 2. The van der Waals surface area contributed by atoms with Crippen molar-refractivity contribution >= 4 is 17.9 Å². The van der Waals surface area contributed by atoms with Crippen molar-refractivity contribution in [2.45, 2.75) is 20.0 Å². The van der Waals surface area contributed by atoms with Gasteiger partial charge in [-0.05, 0) is 30.7 Å². The molecular weight excluding hydrogens is 317 g/mol. The van der Waals surface area contributed by atoms with Crippen LogP contribution in [0, 0.1) is 6.92 Å². The van der Waals surface area contributed by atoms with Gasteiger partial charge in [0, 0.05) is 12.5 Å². The SMILES string of the molecule is CC(=O)Oc1cc(C)cc(C(=O)Nc2nc(C(F)(F)F)co2)c1. The molecule has 6 nitrogen and oxygen atoms in total. The van der Waals surface area contributed by atoms with Crippen molar-refractivity contribution in [3.63, 3.8) is 0 Å². The van der Waals surface area contributed by atoms with Crippen LogP contribution in [-0.2, 0) is 11.0 Å². The van der Waals surface area contributed by atoms with Gasteiger partial charge in [-0.2, -0.15) is 18.2 Å². The summed E-state index contributed by atoms with van der Waals surface area (Å²) in [6.45, 7) is 2.87. The predicted molar refractivity (Wildman–Crippen MR) is 71.9 cm³/mol. The Hall–Kier alpha value is -2.84. The molecule has 0 saturated carbocycles. The van der Waals surface area contributed by atoms with Gasteiger partial charge in [0.25, 0.3) is 5.91 Å². The summed E-state index contributed by atoms with van der Waals surface area (Å²) < 4.78 is 46.7. The van der Waals surface area contributed by atoms with Crippen molar-refractivity contribution < 1.29 is 31.9 Å². The van der Waals surface area contributed by atoms with Gasteiger partial charge >= 0.3 is 18.2 Å². The Kier molecular flexibility index (Phi) is 4.39. The third-order valence-corrected chi connectivity index (χ3v) is 2.59. The first-order valence-corrected chi connectivity index (χ1v) is 6.29. The van der Waals surface area contributed by atoms with E-state index in [1.54, 1.807) is 6.92 Å². The van der Waals surface area contributed by atoms with Crippen molar-refractivity contribution in [2.75, 3.05) is 5.32 Å². The van der Waals surface area contributed by atoms with Crippen LogP contribution in [0.25, 0.3) is 0 Å².